The minimum absolute atomic E-state index is 0.104. The van der Waals surface area contributed by atoms with Gasteiger partial charge in [0.2, 0.25) is 5.91 Å². The van der Waals surface area contributed by atoms with E-state index >= 15 is 0 Å². The molecule has 1 aliphatic heterocycles. The van der Waals surface area contributed by atoms with Crippen molar-refractivity contribution in [2.45, 2.75) is 19.9 Å². The second-order valence-corrected chi connectivity index (χ2v) is 5.29. The van der Waals surface area contributed by atoms with Gasteiger partial charge in [-0.1, -0.05) is 37.3 Å². The average Bonchev–Trinajstić information content (AvgIpc) is 2.45. The smallest absolute Gasteiger partial charge is 0.230 e. The molecule has 0 fully saturated rings. The van der Waals surface area contributed by atoms with E-state index in [0.717, 1.165) is 16.8 Å². The van der Waals surface area contributed by atoms with Gasteiger partial charge in [-0.2, -0.15) is 0 Å². The van der Waals surface area contributed by atoms with Gasteiger partial charge in [-0.15, -0.1) is 0 Å². The summed E-state index contributed by atoms with van der Waals surface area (Å²) in [6.45, 7) is 2.43. The predicted octanol–water partition coefficient (Wildman–Crippen LogP) is 3.55. The minimum atomic E-state index is -0.245. The Balaban J connectivity index is 1.99. The zero-order valence-electron chi connectivity index (χ0n) is 11.3. The molecule has 0 saturated heterocycles. The van der Waals surface area contributed by atoms with Crippen LogP contribution in [0.15, 0.2) is 48.5 Å². The Hall–Kier alpha value is -2.16. The van der Waals surface area contributed by atoms with Crippen LogP contribution in [-0.2, 0) is 17.8 Å². The van der Waals surface area contributed by atoms with Gasteiger partial charge in [-0.05, 0) is 35.7 Å². The van der Waals surface area contributed by atoms with Crippen molar-refractivity contribution in [3.8, 4) is 0 Å². The molecule has 0 aromatic heterocycles. The largest absolute Gasteiger partial charge is 0.307 e. The van der Waals surface area contributed by atoms with Crippen molar-refractivity contribution in [3.05, 3.63) is 65.5 Å². The highest BCUT2D eigenvalue weighted by Gasteiger charge is 2.30. The first kappa shape index (κ1) is 12.9. The Labute approximate surface area is 117 Å². The van der Waals surface area contributed by atoms with Gasteiger partial charge in [0, 0.05) is 11.6 Å². The first-order valence-electron chi connectivity index (χ1n) is 6.79. The molecule has 2 aromatic carbocycles. The number of fused-ring (bicyclic) bond motifs is 1. The molecule has 0 aliphatic carbocycles. The highest BCUT2D eigenvalue weighted by atomic mass is 19.1. The third-order valence-corrected chi connectivity index (χ3v) is 3.73. The Morgan fingerprint density at radius 3 is 2.70 bits per heavy atom. The topological polar surface area (TPSA) is 20.3 Å². The van der Waals surface area contributed by atoms with Crippen LogP contribution in [0.5, 0.6) is 0 Å². The summed E-state index contributed by atoms with van der Waals surface area (Å²) < 4.78 is 13.4. The summed E-state index contributed by atoms with van der Waals surface area (Å²) in [5.41, 5.74) is 2.82. The van der Waals surface area contributed by atoms with E-state index in [9.17, 15) is 9.18 Å². The fourth-order valence-corrected chi connectivity index (χ4v) is 2.71. The lowest BCUT2D eigenvalue weighted by Gasteiger charge is -2.33. The third kappa shape index (κ3) is 2.31. The van der Waals surface area contributed by atoms with Gasteiger partial charge >= 0.3 is 0 Å². The molecule has 0 spiro atoms. The molecule has 0 N–H and O–H groups in total. The number of hydrogen-bond acceptors (Lipinski definition) is 1. The van der Waals surface area contributed by atoms with E-state index in [2.05, 4.69) is 0 Å². The Kier molecular flexibility index (Phi) is 3.26. The number of amides is 1. The fourth-order valence-electron chi connectivity index (χ4n) is 2.71. The van der Waals surface area contributed by atoms with E-state index in [1.807, 2.05) is 37.3 Å². The molecular weight excluding hydrogens is 253 g/mol. The number of rotatable bonds is 2. The van der Waals surface area contributed by atoms with Crippen LogP contribution in [0.2, 0.25) is 0 Å². The normalized spacial score (nSPS) is 18.0. The van der Waals surface area contributed by atoms with Crippen molar-refractivity contribution >= 4 is 11.6 Å². The number of carbonyl (C=O) groups is 1. The van der Waals surface area contributed by atoms with Crippen LogP contribution in [0.4, 0.5) is 10.1 Å². The Morgan fingerprint density at radius 2 is 1.95 bits per heavy atom. The van der Waals surface area contributed by atoms with E-state index in [1.165, 1.54) is 12.1 Å². The standard InChI is InChI=1S/C17H16FNO/c1-12-9-14-10-15(18)7-8-16(14)19(17(12)20)11-13-5-3-2-4-6-13/h2-8,10,12H,9,11H2,1H3. The summed E-state index contributed by atoms with van der Waals surface area (Å²) in [4.78, 5) is 14.2. The molecule has 1 unspecified atom stereocenters. The molecule has 0 bridgehead atoms. The van der Waals surface area contributed by atoms with Crippen LogP contribution in [0, 0.1) is 11.7 Å². The number of benzene rings is 2. The Bertz CT molecular complexity index is 639. The zero-order valence-corrected chi connectivity index (χ0v) is 11.3. The number of anilines is 1. The van der Waals surface area contributed by atoms with Crippen LogP contribution in [0.1, 0.15) is 18.1 Å². The van der Waals surface area contributed by atoms with Crippen LogP contribution < -0.4 is 4.90 Å². The number of carbonyl (C=O) groups excluding carboxylic acids is 1. The van der Waals surface area contributed by atoms with Gasteiger partial charge in [0.05, 0.1) is 6.54 Å². The first-order valence-corrected chi connectivity index (χ1v) is 6.79. The monoisotopic (exact) mass is 269 g/mol. The maximum Gasteiger partial charge on any atom is 0.230 e. The molecule has 2 nitrogen and oxygen atoms in total. The predicted molar refractivity (Wildman–Crippen MR) is 76.9 cm³/mol. The molecule has 20 heavy (non-hydrogen) atoms. The van der Waals surface area contributed by atoms with Gasteiger partial charge in [0.15, 0.2) is 0 Å². The van der Waals surface area contributed by atoms with Crippen molar-refractivity contribution in [2.75, 3.05) is 4.90 Å². The quantitative estimate of drug-likeness (QED) is 0.816. The number of halogens is 1. The van der Waals surface area contributed by atoms with Gasteiger partial charge < -0.3 is 4.90 Å². The highest BCUT2D eigenvalue weighted by molar-refractivity contribution is 5.97. The zero-order chi connectivity index (χ0) is 14.1. The van der Waals surface area contributed by atoms with E-state index in [4.69, 9.17) is 0 Å². The summed E-state index contributed by atoms with van der Waals surface area (Å²) in [5, 5.41) is 0. The molecule has 1 heterocycles. The average molecular weight is 269 g/mol. The van der Waals surface area contributed by atoms with E-state index in [1.54, 1.807) is 11.0 Å². The third-order valence-electron chi connectivity index (χ3n) is 3.73. The van der Waals surface area contributed by atoms with Crippen LogP contribution in [0.25, 0.3) is 0 Å². The summed E-state index contributed by atoms with van der Waals surface area (Å²) in [5.74, 6) is -0.245. The van der Waals surface area contributed by atoms with Crippen molar-refractivity contribution in [3.63, 3.8) is 0 Å². The molecule has 0 saturated carbocycles. The SMILES string of the molecule is CC1Cc2cc(F)ccc2N(Cc2ccccc2)C1=O. The molecule has 0 radical (unpaired) electrons. The molecule has 102 valence electrons. The lowest BCUT2D eigenvalue weighted by atomic mass is 9.92. The number of hydrogen-bond donors (Lipinski definition) is 0. The second-order valence-electron chi connectivity index (χ2n) is 5.29. The highest BCUT2D eigenvalue weighted by Crippen LogP contribution is 2.32. The van der Waals surface area contributed by atoms with E-state index in [-0.39, 0.29) is 17.6 Å². The van der Waals surface area contributed by atoms with Crippen LogP contribution >= 0.6 is 0 Å². The van der Waals surface area contributed by atoms with Crippen LogP contribution in [-0.4, -0.2) is 5.91 Å². The molecule has 1 aliphatic rings. The van der Waals surface area contributed by atoms with Gasteiger partial charge in [0.1, 0.15) is 5.82 Å². The van der Waals surface area contributed by atoms with Crippen LogP contribution in [0.3, 0.4) is 0 Å². The first-order chi connectivity index (χ1) is 9.65. The summed E-state index contributed by atoms with van der Waals surface area (Å²) >= 11 is 0. The molecular formula is C17H16FNO. The lowest BCUT2D eigenvalue weighted by Crippen LogP contribution is -2.39. The minimum Gasteiger partial charge on any atom is -0.307 e. The summed E-state index contributed by atoms with van der Waals surface area (Å²) in [6, 6.07) is 14.5. The molecule has 1 amide bonds. The van der Waals surface area contributed by atoms with Gasteiger partial charge in [-0.3, -0.25) is 4.79 Å². The van der Waals surface area contributed by atoms with E-state index < -0.39 is 0 Å². The van der Waals surface area contributed by atoms with Gasteiger partial charge in [-0.25, -0.2) is 4.39 Å². The summed E-state index contributed by atoms with van der Waals surface area (Å²) in [7, 11) is 0. The summed E-state index contributed by atoms with van der Waals surface area (Å²) in [6.07, 6.45) is 0.608. The fraction of sp³-hybridized carbons (Fsp3) is 0.235. The maximum atomic E-state index is 13.4. The molecule has 1 atom stereocenters. The van der Waals surface area contributed by atoms with Crippen molar-refractivity contribution in [1.29, 1.82) is 0 Å². The molecule has 3 heteroatoms. The molecule has 3 rings (SSSR count). The van der Waals surface area contributed by atoms with Crippen molar-refractivity contribution < 1.29 is 9.18 Å². The van der Waals surface area contributed by atoms with Crippen molar-refractivity contribution in [2.24, 2.45) is 5.92 Å². The Morgan fingerprint density at radius 1 is 1.20 bits per heavy atom. The van der Waals surface area contributed by atoms with E-state index in [0.29, 0.717) is 13.0 Å². The lowest BCUT2D eigenvalue weighted by molar-refractivity contribution is -0.122. The second kappa shape index (κ2) is 5.08. The maximum absolute atomic E-state index is 13.4. The number of nitrogens with zero attached hydrogens (tertiary/aromatic N) is 1. The van der Waals surface area contributed by atoms with Gasteiger partial charge in [0.25, 0.3) is 0 Å². The molecule has 2 aromatic rings. The van der Waals surface area contributed by atoms with Crippen molar-refractivity contribution in [1.82, 2.24) is 0 Å².